The van der Waals surface area contributed by atoms with Crippen LogP contribution in [0.25, 0.3) is 0 Å². The third-order valence-electron chi connectivity index (χ3n) is 5.13. The minimum Gasteiger partial charge on any atom is -0.489 e. The van der Waals surface area contributed by atoms with Crippen LogP contribution in [-0.2, 0) is 11.0 Å². The number of rotatable bonds is 7. The van der Waals surface area contributed by atoms with Gasteiger partial charge >= 0.3 is 12.1 Å². The van der Waals surface area contributed by atoms with E-state index in [1.807, 2.05) is 6.92 Å². The molecule has 0 atom stereocenters. The molecule has 0 aliphatic carbocycles. The first-order valence-corrected chi connectivity index (χ1v) is 10.1. The molecule has 176 valence electrons. The summed E-state index contributed by atoms with van der Waals surface area (Å²) in [5.41, 5.74) is 0.225. The molecule has 1 aliphatic heterocycles. The molecule has 0 fully saturated rings. The summed E-state index contributed by atoms with van der Waals surface area (Å²) in [5.74, 6) is -1.66. The molecular formula is C24H23F4NO4. The molecule has 0 saturated heterocycles. The quantitative estimate of drug-likeness (QED) is 0.514. The van der Waals surface area contributed by atoms with E-state index in [-0.39, 0.29) is 12.2 Å². The van der Waals surface area contributed by atoms with Crippen LogP contribution in [-0.4, -0.2) is 29.0 Å². The van der Waals surface area contributed by atoms with Gasteiger partial charge < -0.3 is 14.6 Å². The number of allylic oxidation sites excluding steroid dienone is 1. The van der Waals surface area contributed by atoms with Gasteiger partial charge in [0, 0.05) is 18.2 Å². The molecule has 1 N–H and O–H groups in total. The molecule has 1 heterocycles. The summed E-state index contributed by atoms with van der Waals surface area (Å²) in [6, 6.07) is 7.79. The van der Waals surface area contributed by atoms with Crippen LogP contribution in [0.3, 0.4) is 0 Å². The first kappa shape index (κ1) is 24.3. The molecular weight excluding hydrogens is 442 g/mol. The molecule has 2 aromatic carbocycles. The minimum atomic E-state index is -4.76. The zero-order valence-electron chi connectivity index (χ0n) is 18.5. The van der Waals surface area contributed by atoms with Crippen LogP contribution in [0.5, 0.6) is 11.5 Å². The van der Waals surface area contributed by atoms with Crippen molar-refractivity contribution >= 4 is 11.7 Å². The summed E-state index contributed by atoms with van der Waals surface area (Å²) in [6.45, 7) is 6.58. The predicted molar refractivity (Wildman–Crippen MR) is 114 cm³/mol. The number of aryl methyl sites for hydroxylation is 1. The lowest BCUT2D eigenvalue weighted by atomic mass is 10.0. The molecule has 5 nitrogen and oxygen atoms in total. The minimum absolute atomic E-state index is 0.146. The summed E-state index contributed by atoms with van der Waals surface area (Å²) in [7, 11) is 0. The smallest absolute Gasteiger partial charge is 0.419 e. The maximum absolute atomic E-state index is 13.9. The average molecular weight is 465 g/mol. The zero-order valence-corrected chi connectivity index (χ0v) is 18.5. The molecule has 9 heteroatoms. The van der Waals surface area contributed by atoms with Crippen molar-refractivity contribution in [2.75, 3.05) is 6.61 Å². The Labute approximate surface area is 188 Å². The van der Waals surface area contributed by atoms with Crippen LogP contribution in [0.1, 0.15) is 43.9 Å². The molecule has 3 rings (SSSR count). The van der Waals surface area contributed by atoms with Crippen LogP contribution < -0.4 is 9.47 Å². The lowest BCUT2D eigenvalue weighted by Gasteiger charge is -2.22. The van der Waals surface area contributed by atoms with Gasteiger partial charge in [0.25, 0.3) is 0 Å². The van der Waals surface area contributed by atoms with E-state index in [2.05, 4.69) is 4.99 Å². The van der Waals surface area contributed by atoms with Crippen LogP contribution in [0.4, 0.5) is 17.6 Å². The van der Waals surface area contributed by atoms with E-state index in [1.165, 1.54) is 19.9 Å². The molecule has 33 heavy (non-hydrogen) atoms. The number of ether oxygens (including phenoxy) is 2. The molecule has 0 aromatic heterocycles. The van der Waals surface area contributed by atoms with E-state index < -0.39 is 29.1 Å². The number of carboxylic acids is 1. The lowest BCUT2D eigenvalue weighted by molar-refractivity contribution is -0.152. The standard InChI is InChI=1S/C24H23F4NO4/c1-13-7-17(11-18(8-13)33-23(3,4)22(30)31)32-12-16-10-21(29-14(16)2)15-5-6-19(20(25)9-15)24(26,27)28/h5-9,11H,10,12H2,1-4H3,(H,30,31). The normalized spacial score (nSPS) is 14.4. The van der Waals surface area contributed by atoms with Crippen LogP contribution in [0.2, 0.25) is 0 Å². The predicted octanol–water partition coefficient (Wildman–Crippen LogP) is 5.94. The second-order valence-electron chi connectivity index (χ2n) is 8.30. The highest BCUT2D eigenvalue weighted by molar-refractivity contribution is 6.04. The highest BCUT2D eigenvalue weighted by atomic mass is 19.4. The van der Waals surface area contributed by atoms with Crippen molar-refractivity contribution < 1.29 is 36.9 Å². The number of halogens is 4. The third kappa shape index (κ3) is 5.71. The molecule has 2 aromatic rings. The van der Waals surface area contributed by atoms with Crippen molar-refractivity contribution in [3.05, 3.63) is 70.2 Å². The van der Waals surface area contributed by atoms with Crippen molar-refractivity contribution in [2.24, 2.45) is 4.99 Å². The Hall–Kier alpha value is -3.36. The number of alkyl halides is 3. The van der Waals surface area contributed by atoms with Gasteiger partial charge in [-0.1, -0.05) is 6.07 Å². The number of carbonyl (C=O) groups is 1. The van der Waals surface area contributed by atoms with Crippen molar-refractivity contribution in [3.63, 3.8) is 0 Å². The highest BCUT2D eigenvalue weighted by Gasteiger charge is 2.34. The van der Waals surface area contributed by atoms with Crippen molar-refractivity contribution in [1.29, 1.82) is 0 Å². The van der Waals surface area contributed by atoms with Crippen LogP contribution >= 0.6 is 0 Å². The monoisotopic (exact) mass is 465 g/mol. The second-order valence-corrected chi connectivity index (χ2v) is 8.30. The van der Waals surface area contributed by atoms with Crippen LogP contribution in [0, 0.1) is 12.7 Å². The molecule has 0 radical (unpaired) electrons. The van der Waals surface area contributed by atoms with E-state index in [1.54, 1.807) is 25.1 Å². The number of hydrogen-bond acceptors (Lipinski definition) is 4. The summed E-state index contributed by atoms with van der Waals surface area (Å²) in [4.78, 5) is 15.7. The SMILES string of the molecule is CC1=C(COc2cc(C)cc(OC(C)(C)C(=O)O)c2)CC(c2ccc(C(F)(F)F)c(F)c2)=N1. The third-order valence-corrected chi connectivity index (χ3v) is 5.13. The molecule has 1 aliphatic rings. The summed E-state index contributed by atoms with van der Waals surface area (Å²) in [6.07, 6.45) is -4.46. The molecule has 0 amide bonds. The maximum atomic E-state index is 13.9. The summed E-state index contributed by atoms with van der Waals surface area (Å²) in [5, 5.41) is 9.25. The number of benzene rings is 2. The number of aliphatic carboxylic acids is 1. The van der Waals surface area contributed by atoms with Gasteiger partial charge in [-0.15, -0.1) is 0 Å². The van der Waals surface area contributed by atoms with Gasteiger partial charge in [-0.25, -0.2) is 9.18 Å². The largest absolute Gasteiger partial charge is 0.489 e. The van der Waals surface area contributed by atoms with E-state index >= 15 is 0 Å². The molecule has 0 spiro atoms. The average Bonchev–Trinajstić information content (AvgIpc) is 3.05. The van der Waals surface area contributed by atoms with Gasteiger partial charge in [0.05, 0.1) is 11.3 Å². The van der Waals surface area contributed by atoms with E-state index in [9.17, 15) is 27.5 Å². The number of nitrogens with zero attached hydrogens (tertiary/aromatic N) is 1. The zero-order chi connectivity index (χ0) is 24.6. The Morgan fingerprint density at radius 1 is 1.09 bits per heavy atom. The van der Waals surface area contributed by atoms with Gasteiger partial charge in [0.15, 0.2) is 5.60 Å². The van der Waals surface area contributed by atoms with Gasteiger partial charge in [0.2, 0.25) is 0 Å². The fraction of sp³-hybridized carbons (Fsp3) is 0.333. The second kappa shape index (κ2) is 8.88. The van der Waals surface area contributed by atoms with E-state index in [0.29, 0.717) is 35.4 Å². The number of aliphatic imine (C=N–C) groups is 1. The maximum Gasteiger partial charge on any atom is 0.419 e. The van der Waals surface area contributed by atoms with Crippen LogP contribution in [0.15, 0.2) is 52.7 Å². The van der Waals surface area contributed by atoms with Gasteiger partial charge in [-0.05, 0) is 68.7 Å². The first-order chi connectivity index (χ1) is 15.3. The van der Waals surface area contributed by atoms with Gasteiger partial charge in [-0.3, -0.25) is 4.99 Å². The Kier molecular flexibility index (Phi) is 6.53. The highest BCUT2D eigenvalue weighted by Crippen LogP contribution is 2.33. The Morgan fingerprint density at radius 2 is 1.76 bits per heavy atom. The first-order valence-electron chi connectivity index (χ1n) is 10.1. The molecule has 0 bridgehead atoms. The van der Waals surface area contributed by atoms with E-state index in [4.69, 9.17) is 9.47 Å². The Bertz CT molecular complexity index is 1150. The fourth-order valence-corrected chi connectivity index (χ4v) is 3.26. The van der Waals surface area contributed by atoms with Crippen molar-refractivity contribution in [2.45, 2.75) is 45.9 Å². The Morgan fingerprint density at radius 3 is 2.36 bits per heavy atom. The number of hydrogen-bond donors (Lipinski definition) is 1. The molecule has 0 unspecified atom stereocenters. The lowest BCUT2D eigenvalue weighted by Crippen LogP contribution is -2.37. The topological polar surface area (TPSA) is 68.1 Å². The van der Waals surface area contributed by atoms with E-state index in [0.717, 1.165) is 17.2 Å². The van der Waals surface area contributed by atoms with Crippen molar-refractivity contribution in [3.8, 4) is 11.5 Å². The summed E-state index contributed by atoms with van der Waals surface area (Å²) < 4.78 is 63.8. The Balaban J connectivity index is 1.69. The molecule has 0 saturated carbocycles. The van der Waals surface area contributed by atoms with Crippen molar-refractivity contribution in [1.82, 2.24) is 0 Å². The van der Waals surface area contributed by atoms with Gasteiger partial charge in [0.1, 0.15) is 23.9 Å². The summed E-state index contributed by atoms with van der Waals surface area (Å²) >= 11 is 0. The number of carboxylic acid groups (broad SMARTS) is 1. The fourth-order valence-electron chi connectivity index (χ4n) is 3.26. The van der Waals surface area contributed by atoms with Gasteiger partial charge in [-0.2, -0.15) is 13.2 Å².